The molecule has 0 radical (unpaired) electrons. The van der Waals surface area contributed by atoms with Crippen molar-refractivity contribution in [2.24, 2.45) is 0 Å². The van der Waals surface area contributed by atoms with Crippen molar-refractivity contribution >= 4 is 7.82 Å². The molecular weight excluding hydrogens is 527 g/mol. The first-order chi connectivity index (χ1) is 20.2. The van der Waals surface area contributed by atoms with E-state index in [1.165, 1.54) is 154 Å². The Hall–Kier alpha value is 0.110. The third kappa shape index (κ3) is 32.9. The molecule has 0 spiro atoms. The Labute approximate surface area is 258 Å². The van der Waals surface area contributed by atoms with Gasteiger partial charge in [-0.2, -0.15) is 0 Å². The predicted octanol–water partition coefficient (Wildman–Crippen LogP) is 13.9. The van der Waals surface area contributed by atoms with E-state index in [1.54, 1.807) is 0 Å². The molecule has 0 aromatic heterocycles. The van der Waals surface area contributed by atoms with Gasteiger partial charge in [-0.25, -0.2) is 4.57 Å². The fourth-order valence-electron chi connectivity index (χ4n) is 5.41. The zero-order chi connectivity index (χ0) is 30.0. The Morgan fingerprint density at radius 2 is 0.463 bits per heavy atom. The van der Waals surface area contributed by atoms with Crippen LogP contribution in [0.15, 0.2) is 0 Å². The van der Waals surface area contributed by atoms with Crippen molar-refractivity contribution < 1.29 is 18.1 Å². The second-order valence-electron chi connectivity index (χ2n) is 12.5. The van der Waals surface area contributed by atoms with E-state index in [4.69, 9.17) is 13.6 Å². The van der Waals surface area contributed by atoms with Gasteiger partial charge < -0.3 is 0 Å². The molecule has 0 unspecified atom stereocenters. The van der Waals surface area contributed by atoms with E-state index in [9.17, 15) is 4.57 Å². The number of phosphoric ester groups is 1. The normalized spacial score (nSPS) is 12.0. The minimum absolute atomic E-state index is 0.473. The highest BCUT2D eigenvalue weighted by Gasteiger charge is 2.26. The number of phosphoric acid groups is 1. The third-order valence-electron chi connectivity index (χ3n) is 8.24. The minimum Gasteiger partial charge on any atom is -0.287 e. The van der Waals surface area contributed by atoms with Gasteiger partial charge in [0.05, 0.1) is 19.8 Å². The molecule has 0 fully saturated rings. The van der Waals surface area contributed by atoms with Crippen LogP contribution >= 0.6 is 7.82 Å². The van der Waals surface area contributed by atoms with Gasteiger partial charge in [-0.3, -0.25) is 13.6 Å². The summed E-state index contributed by atoms with van der Waals surface area (Å²) in [4.78, 5) is 0. The van der Waals surface area contributed by atoms with E-state index in [0.29, 0.717) is 19.8 Å². The van der Waals surface area contributed by atoms with Crippen molar-refractivity contribution in [3.05, 3.63) is 0 Å². The van der Waals surface area contributed by atoms with E-state index >= 15 is 0 Å². The Morgan fingerprint density at radius 3 is 0.659 bits per heavy atom. The van der Waals surface area contributed by atoms with E-state index < -0.39 is 7.82 Å². The monoisotopic (exact) mass is 603 g/mol. The maximum absolute atomic E-state index is 13.3. The summed E-state index contributed by atoms with van der Waals surface area (Å²) in [5, 5.41) is 0. The highest BCUT2D eigenvalue weighted by atomic mass is 31.2. The lowest BCUT2D eigenvalue weighted by atomic mass is 10.1. The van der Waals surface area contributed by atoms with Crippen LogP contribution in [0.4, 0.5) is 0 Å². The summed E-state index contributed by atoms with van der Waals surface area (Å²) in [6.45, 7) is 8.22. The number of hydrogen-bond donors (Lipinski definition) is 0. The fraction of sp³-hybridized carbons (Fsp3) is 1.00. The zero-order valence-electron chi connectivity index (χ0n) is 28.4. The number of rotatable bonds is 36. The molecule has 0 heterocycles. The molecule has 0 saturated heterocycles. The third-order valence-corrected chi connectivity index (χ3v) is 9.74. The van der Waals surface area contributed by atoms with Crippen LogP contribution in [0.5, 0.6) is 0 Å². The van der Waals surface area contributed by atoms with Crippen molar-refractivity contribution in [1.29, 1.82) is 0 Å². The van der Waals surface area contributed by atoms with Crippen molar-refractivity contribution in [1.82, 2.24) is 0 Å². The van der Waals surface area contributed by atoms with Crippen molar-refractivity contribution in [2.45, 2.75) is 213 Å². The molecule has 0 aliphatic heterocycles. The van der Waals surface area contributed by atoms with Crippen LogP contribution in [0.25, 0.3) is 0 Å². The van der Waals surface area contributed by atoms with Crippen LogP contribution < -0.4 is 0 Å². The second kappa shape index (κ2) is 34.6. The van der Waals surface area contributed by atoms with Gasteiger partial charge in [-0.1, -0.05) is 194 Å². The van der Waals surface area contributed by atoms with Gasteiger partial charge in [-0.05, 0) is 19.3 Å². The Balaban J connectivity index is 3.98. The molecule has 0 saturated carbocycles. The predicted molar refractivity (Wildman–Crippen MR) is 181 cm³/mol. The van der Waals surface area contributed by atoms with Gasteiger partial charge >= 0.3 is 7.82 Å². The summed E-state index contributed by atoms with van der Waals surface area (Å²) in [6, 6.07) is 0. The van der Waals surface area contributed by atoms with Gasteiger partial charge in [0.15, 0.2) is 0 Å². The Morgan fingerprint density at radius 1 is 0.293 bits per heavy atom. The lowest BCUT2D eigenvalue weighted by Crippen LogP contribution is -2.04. The molecule has 41 heavy (non-hydrogen) atoms. The van der Waals surface area contributed by atoms with Gasteiger partial charge in [0, 0.05) is 0 Å². The lowest BCUT2D eigenvalue weighted by molar-refractivity contribution is 0.108. The zero-order valence-corrected chi connectivity index (χ0v) is 29.3. The Kier molecular flexibility index (Phi) is 34.7. The van der Waals surface area contributed by atoms with E-state index in [1.807, 2.05) is 0 Å². The maximum atomic E-state index is 13.3. The molecule has 0 N–H and O–H groups in total. The first-order valence-corrected chi connectivity index (χ1v) is 20.2. The van der Waals surface area contributed by atoms with Crippen molar-refractivity contribution in [3.63, 3.8) is 0 Å². The summed E-state index contributed by atoms with van der Waals surface area (Å²) in [5.74, 6) is 0. The van der Waals surface area contributed by atoms with E-state index in [0.717, 1.165) is 38.5 Å². The van der Waals surface area contributed by atoms with Crippen molar-refractivity contribution in [3.8, 4) is 0 Å². The molecule has 0 aliphatic rings. The van der Waals surface area contributed by atoms with Gasteiger partial charge in [0.2, 0.25) is 0 Å². The summed E-state index contributed by atoms with van der Waals surface area (Å²) >= 11 is 0. The van der Waals surface area contributed by atoms with Crippen LogP contribution in [-0.2, 0) is 18.1 Å². The van der Waals surface area contributed by atoms with Gasteiger partial charge in [0.1, 0.15) is 0 Å². The number of unbranched alkanes of at least 4 members (excludes halogenated alkanes) is 27. The average molecular weight is 603 g/mol. The molecular formula is C36H75O4P. The topological polar surface area (TPSA) is 44.8 Å². The quantitative estimate of drug-likeness (QED) is 0.0528. The lowest BCUT2D eigenvalue weighted by Gasteiger charge is -2.18. The molecule has 248 valence electrons. The summed E-state index contributed by atoms with van der Waals surface area (Å²) < 4.78 is 30.6. The Bertz CT molecular complexity index is 494. The van der Waals surface area contributed by atoms with E-state index in [2.05, 4.69) is 20.8 Å². The highest BCUT2D eigenvalue weighted by molar-refractivity contribution is 7.48. The molecule has 4 nitrogen and oxygen atoms in total. The largest absolute Gasteiger partial charge is 0.474 e. The smallest absolute Gasteiger partial charge is 0.287 e. The van der Waals surface area contributed by atoms with Crippen LogP contribution in [0, 0.1) is 0 Å². The first kappa shape index (κ1) is 41.1. The molecule has 0 aromatic rings. The molecule has 0 rings (SSSR count). The molecule has 0 amide bonds. The average Bonchev–Trinajstić information content (AvgIpc) is 2.97. The summed E-state index contributed by atoms with van der Waals surface area (Å²) in [7, 11) is -3.45. The molecule has 0 bridgehead atoms. The van der Waals surface area contributed by atoms with Gasteiger partial charge in [-0.15, -0.1) is 0 Å². The first-order valence-electron chi connectivity index (χ1n) is 18.7. The summed E-state index contributed by atoms with van der Waals surface area (Å²) in [6.07, 6.45) is 38.4. The van der Waals surface area contributed by atoms with E-state index in [-0.39, 0.29) is 0 Å². The minimum atomic E-state index is -3.45. The molecule has 0 atom stereocenters. The summed E-state index contributed by atoms with van der Waals surface area (Å²) in [5.41, 5.74) is 0. The molecule has 0 aromatic carbocycles. The standard InChI is InChI=1S/C36H75O4P/c1-4-7-10-13-16-18-20-22-24-26-29-32-35-39-41(37,38-34-31-28-15-12-9-6-3)40-36-33-30-27-25-23-21-19-17-14-11-8-5-2/h4-36H2,1-3H3. The van der Waals surface area contributed by atoms with Crippen LogP contribution in [0.1, 0.15) is 213 Å². The van der Waals surface area contributed by atoms with Crippen LogP contribution in [0.2, 0.25) is 0 Å². The van der Waals surface area contributed by atoms with Crippen LogP contribution in [0.3, 0.4) is 0 Å². The van der Waals surface area contributed by atoms with Crippen molar-refractivity contribution in [2.75, 3.05) is 19.8 Å². The van der Waals surface area contributed by atoms with Gasteiger partial charge in [0.25, 0.3) is 0 Å². The molecule has 0 aliphatic carbocycles. The SMILES string of the molecule is CCCCCCCCCCCCCCOP(=O)(OCCCCCCCC)OCCCCCCCCCCCCCC. The fourth-order valence-corrected chi connectivity index (χ4v) is 6.69. The second-order valence-corrected chi connectivity index (χ2v) is 14.2. The number of hydrogen-bond acceptors (Lipinski definition) is 4. The maximum Gasteiger partial charge on any atom is 0.474 e. The highest BCUT2D eigenvalue weighted by Crippen LogP contribution is 2.50. The molecule has 5 heteroatoms. The van der Waals surface area contributed by atoms with Crippen LogP contribution in [-0.4, -0.2) is 19.8 Å².